The molecule has 1 fully saturated rings. The Morgan fingerprint density at radius 3 is 2.75 bits per heavy atom. The maximum absolute atomic E-state index is 11.4. The second kappa shape index (κ2) is 3.98. The van der Waals surface area contributed by atoms with Crippen molar-refractivity contribution in [3.8, 4) is 0 Å². The van der Waals surface area contributed by atoms with E-state index >= 15 is 0 Å². The fraction of sp³-hybridized carbons (Fsp3) is 0.417. The van der Waals surface area contributed by atoms with Gasteiger partial charge in [-0.15, -0.1) is 0 Å². The fourth-order valence-corrected chi connectivity index (χ4v) is 2.24. The Morgan fingerprint density at radius 2 is 2.06 bits per heavy atom. The summed E-state index contributed by atoms with van der Waals surface area (Å²) in [5, 5.41) is 6.42. The first-order valence-corrected chi connectivity index (χ1v) is 5.67. The van der Waals surface area contributed by atoms with Crippen LogP contribution in [0, 0.1) is 5.41 Å². The molecule has 1 heterocycles. The highest BCUT2D eigenvalue weighted by atomic mass is 35.5. The Bertz CT molecular complexity index is 417. The topological polar surface area (TPSA) is 41.1 Å². The third-order valence-corrected chi connectivity index (χ3v) is 3.32. The molecule has 0 radical (unpaired) electrons. The summed E-state index contributed by atoms with van der Waals surface area (Å²) in [7, 11) is 0. The number of benzene rings is 1. The lowest BCUT2D eigenvalue weighted by molar-refractivity contribution is 0.179. The average Bonchev–Trinajstić information content (AvgIpc) is 2.23. The van der Waals surface area contributed by atoms with Crippen LogP contribution in [0.25, 0.3) is 0 Å². The van der Waals surface area contributed by atoms with Crippen LogP contribution in [0.2, 0.25) is 5.02 Å². The molecule has 3 nitrogen and oxygen atoms in total. The van der Waals surface area contributed by atoms with Crippen molar-refractivity contribution >= 4 is 17.6 Å². The lowest BCUT2D eigenvalue weighted by Crippen LogP contribution is -2.54. The number of nitrogens with one attached hydrogen (secondary N) is 2. The largest absolute Gasteiger partial charge is 0.338 e. The molecule has 86 valence electrons. The second-order valence-corrected chi connectivity index (χ2v) is 5.18. The van der Waals surface area contributed by atoms with E-state index in [1.54, 1.807) is 0 Å². The number of amides is 2. The van der Waals surface area contributed by atoms with E-state index in [1.807, 2.05) is 24.3 Å². The molecule has 1 aromatic carbocycles. The SMILES string of the molecule is CC1(C)CNC(=O)NC1c1ccccc1Cl. The Labute approximate surface area is 100 Å². The van der Waals surface area contributed by atoms with E-state index in [9.17, 15) is 4.79 Å². The van der Waals surface area contributed by atoms with Crippen LogP contribution in [0.5, 0.6) is 0 Å². The van der Waals surface area contributed by atoms with Gasteiger partial charge in [0.25, 0.3) is 0 Å². The molecule has 4 heteroatoms. The zero-order chi connectivity index (χ0) is 11.8. The first-order chi connectivity index (χ1) is 7.50. The summed E-state index contributed by atoms with van der Waals surface area (Å²) in [6.45, 7) is 4.86. The lowest BCUT2D eigenvalue weighted by atomic mass is 9.79. The summed E-state index contributed by atoms with van der Waals surface area (Å²) in [6, 6.07) is 7.45. The Hall–Kier alpha value is -1.22. The molecule has 1 aliphatic heterocycles. The Kier molecular flexibility index (Phi) is 2.80. The number of hydrogen-bond donors (Lipinski definition) is 2. The minimum atomic E-state index is -0.135. The zero-order valence-corrected chi connectivity index (χ0v) is 10.1. The number of halogens is 1. The predicted octanol–water partition coefficient (Wildman–Crippen LogP) is 2.72. The maximum Gasteiger partial charge on any atom is 0.315 e. The molecule has 16 heavy (non-hydrogen) atoms. The van der Waals surface area contributed by atoms with Crippen molar-refractivity contribution in [3.05, 3.63) is 34.9 Å². The highest BCUT2D eigenvalue weighted by Gasteiger charge is 2.37. The quantitative estimate of drug-likeness (QED) is 0.776. The van der Waals surface area contributed by atoms with Gasteiger partial charge in [-0.2, -0.15) is 0 Å². The van der Waals surface area contributed by atoms with E-state index < -0.39 is 0 Å². The zero-order valence-electron chi connectivity index (χ0n) is 9.38. The van der Waals surface area contributed by atoms with Crippen molar-refractivity contribution in [2.75, 3.05) is 6.54 Å². The van der Waals surface area contributed by atoms with Gasteiger partial charge in [0.2, 0.25) is 0 Å². The highest BCUT2D eigenvalue weighted by Crippen LogP contribution is 2.37. The normalized spacial score (nSPS) is 23.4. The van der Waals surface area contributed by atoms with Crippen molar-refractivity contribution in [2.45, 2.75) is 19.9 Å². The van der Waals surface area contributed by atoms with Gasteiger partial charge in [-0.1, -0.05) is 43.6 Å². The van der Waals surface area contributed by atoms with Crippen LogP contribution >= 0.6 is 11.6 Å². The van der Waals surface area contributed by atoms with Crippen molar-refractivity contribution in [1.82, 2.24) is 10.6 Å². The average molecular weight is 239 g/mol. The van der Waals surface area contributed by atoms with Gasteiger partial charge in [0.05, 0.1) is 6.04 Å². The summed E-state index contributed by atoms with van der Waals surface area (Å²) in [6.07, 6.45) is 0. The molecule has 2 N–H and O–H groups in total. The molecule has 0 bridgehead atoms. The summed E-state index contributed by atoms with van der Waals surface area (Å²) < 4.78 is 0. The highest BCUT2D eigenvalue weighted by molar-refractivity contribution is 6.31. The van der Waals surface area contributed by atoms with E-state index in [1.165, 1.54) is 0 Å². The molecule has 0 spiro atoms. The lowest BCUT2D eigenvalue weighted by Gasteiger charge is -2.39. The first-order valence-electron chi connectivity index (χ1n) is 5.29. The van der Waals surface area contributed by atoms with E-state index in [4.69, 9.17) is 11.6 Å². The molecule has 0 aromatic heterocycles. The summed E-state index contributed by atoms with van der Waals surface area (Å²) in [4.78, 5) is 11.4. The van der Waals surface area contributed by atoms with Crippen LogP contribution in [0.4, 0.5) is 4.79 Å². The van der Waals surface area contributed by atoms with E-state index in [-0.39, 0.29) is 17.5 Å². The minimum Gasteiger partial charge on any atom is -0.338 e. The summed E-state index contributed by atoms with van der Waals surface area (Å²) >= 11 is 6.16. The summed E-state index contributed by atoms with van der Waals surface area (Å²) in [5.74, 6) is 0. The van der Waals surface area contributed by atoms with Gasteiger partial charge < -0.3 is 10.6 Å². The van der Waals surface area contributed by atoms with Gasteiger partial charge >= 0.3 is 6.03 Å². The molecule has 2 rings (SSSR count). The third-order valence-electron chi connectivity index (χ3n) is 2.98. The van der Waals surface area contributed by atoms with Crippen molar-refractivity contribution in [2.24, 2.45) is 5.41 Å². The standard InChI is InChI=1S/C12H15ClN2O/c1-12(2)7-14-11(16)15-10(12)8-5-3-4-6-9(8)13/h3-6,10H,7H2,1-2H3,(H2,14,15,16). The van der Waals surface area contributed by atoms with Crippen LogP contribution in [-0.2, 0) is 0 Å². The van der Waals surface area contributed by atoms with E-state index in [0.29, 0.717) is 11.6 Å². The monoisotopic (exact) mass is 238 g/mol. The van der Waals surface area contributed by atoms with Gasteiger partial charge in [0.1, 0.15) is 0 Å². The van der Waals surface area contributed by atoms with Gasteiger partial charge in [0.15, 0.2) is 0 Å². The van der Waals surface area contributed by atoms with Crippen LogP contribution in [0.15, 0.2) is 24.3 Å². The van der Waals surface area contributed by atoms with Crippen molar-refractivity contribution < 1.29 is 4.79 Å². The van der Waals surface area contributed by atoms with Gasteiger partial charge in [-0.05, 0) is 11.6 Å². The molecule has 2 amide bonds. The number of carbonyl (C=O) groups is 1. The molecule has 0 saturated carbocycles. The Balaban J connectivity index is 2.38. The van der Waals surface area contributed by atoms with Gasteiger partial charge in [-0.25, -0.2) is 4.79 Å². The van der Waals surface area contributed by atoms with E-state index in [2.05, 4.69) is 24.5 Å². The van der Waals surface area contributed by atoms with Crippen molar-refractivity contribution in [1.29, 1.82) is 0 Å². The molecule has 1 aliphatic rings. The minimum absolute atomic E-state index is 0.0463. The molecule has 1 aromatic rings. The predicted molar refractivity (Wildman–Crippen MR) is 64.5 cm³/mol. The second-order valence-electron chi connectivity index (χ2n) is 4.77. The van der Waals surface area contributed by atoms with Crippen molar-refractivity contribution in [3.63, 3.8) is 0 Å². The molecule has 1 atom stereocenters. The number of hydrogen-bond acceptors (Lipinski definition) is 1. The molecular formula is C12H15ClN2O. The molecule has 0 aliphatic carbocycles. The summed E-state index contributed by atoms with van der Waals surface area (Å²) in [5.41, 5.74) is 0.919. The number of urea groups is 1. The first kappa shape index (κ1) is 11.3. The molecular weight excluding hydrogens is 224 g/mol. The third kappa shape index (κ3) is 2.00. The van der Waals surface area contributed by atoms with Crippen LogP contribution in [0.3, 0.4) is 0 Å². The van der Waals surface area contributed by atoms with E-state index in [0.717, 1.165) is 5.56 Å². The van der Waals surface area contributed by atoms with Gasteiger partial charge in [-0.3, -0.25) is 0 Å². The number of rotatable bonds is 1. The molecule has 1 unspecified atom stereocenters. The maximum atomic E-state index is 11.4. The van der Waals surface area contributed by atoms with Crippen LogP contribution < -0.4 is 10.6 Å². The molecule has 1 saturated heterocycles. The van der Waals surface area contributed by atoms with Crippen LogP contribution in [0.1, 0.15) is 25.5 Å². The Morgan fingerprint density at radius 1 is 1.38 bits per heavy atom. The number of carbonyl (C=O) groups excluding carboxylic acids is 1. The smallest absolute Gasteiger partial charge is 0.315 e. The van der Waals surface area contributed by atoms with Crippen LogP contribution in [-0.4, -0.2) is 12.6 Å². The van der Waals surface area contributed by atoms with Gasteiger partial charge in [0, 0.05) is 17.0 Å². The fourth-order valence-electron chi connectivity index (χ4n) is 2.00.